The van der Waals surface area contributed by atoms with Crippen LogP contribution in [-0.4, -0.2) is 29.0 Å². The third kappa shape index (κ3) is 4.25. The van der Waals surface area contributed by atoms with Crippen molar-refractivity contribution in [1.82, 2.24) is 4.31 Å². The molecule has 0 saturated carbocycles. The highest BCUT2D eigenvalue weighted by Gasteiger charge is 2.45. The summed E-state index contributed by atoms with van der Waals surface area (Å²) in [5.74, 6) is -0.413. The van der Waals surface area contributed by atoms with Crippen molar-refractivity contribution in [2.24, 2.45) is 4.99 Å². The van der Waals surface area contributed by atoms with E-state index in [-0.39, 0.29) is 10.1 Å². The molecule has 142 valence electrons. The number of amides is 1. The van der Waals surface area contributed by atoms with Crippen LogP contribution >= 0.6 is 11.8 Å². The van der Waals surface area contributed by atoms with E-state index in [1.165, 1.54) is 23.9 Å². The van der Waals surface area contributed by atoms with Crippen LogP contribution in [0.15, 0.2) is 64.5 Å². The Morgan fingerprint density at radius 2 is 1.74 bits per heavy atom. The first-order valence-electron chi connectivity index (χ1n) is 8.89. The highest BCUT2D eigenvalue weighted by molar-refractivity contribution is 8.17. The topological polar surface area (TPSA) is 66.8 Å². The zero-order chi connectivity index (χ0) is 19.4. The molecule has 3 rings (SSSR count). The van der Waals surface area contributed by atoms with E-state index in [0.717, 1.165) is 22.7 Å². The molecule has 1 amide bonds. The lowest BCUT2D eigenvalue weighted by molar-refractivity contribution is -0.123. The summed E-state index contributed by atoms with van der Waals surface area (Å²) in [6.45, 7) is 3.93. The van der Waals surface area contributed by atoms with Gasteiger partial charge in [0.25, 0.3) is 15.9 Å². The molecule has 0 unspecified atom stereocenters. The number of thioether (sulfide) groups is 1. The second kappa shape index (κ2) is 8.27. The largest absolute Gasteiger partial charge is 0.272 e. The van der Waals surface area contributed by atoms with Crippen molar-refractivity contribution in [3.8, 4) is 0 Å². The Hall–Kier alpha value is -2.12. The molecule has 0 bridgehead atoms. The van der Waals surface area contributed by atoms with E-state index in [2.05, 4.69) is 4.99 Å². The van der Waals surface area contributed by atoms with Crippen molar-refractivity contribution in [3.63, 3.8) is 0 Å². The van der Waals surface area contributed by atoms with E-state index < -0.39 is 21.2 Å². The maximum absolute atomic E-state index is 13.2. The number of unbranched alkanes of at least 4 members (excludes halogenated alkanes) is 1. The minimum atomic E-state index is -4.00. The van der Waals surface area contributed by atoms with Crippen LogP contribution in [0.25, 0.3) is 0 Å². The minimum absolute atomic E-state index is 0.0963. The van der Waals surface area contributed by atoms with E-state index in [9.17, 15) is 13.2 Å². The molecule has 1 atom stereocenters. The summed E-state index contributed by atoms with van der Waals surface area (Å²) in [5.41, 5.74) is 1.57. The summed E-state index contributed by atoms with van der Waals surface area (Å²) in [6.07, 6.45) is 2.44. The van der Waals surface area contributed by atoms with Crippen LogP contribution in [-0.2, 0) is 14.8 Å². The van der Waals surface area contributed by atoms with Gasteiger partial charge < -0.3 is 0 Å². The molecule has 1 heterocycles. The molecular formula is C20H22N2O3S2. The van der Waals surface area contributed by atoms with Gasteiger partial charge in [0.1, 0.15) is 0 Å². The van der Waals surface area contributed by atoms with Gasteiger partial charge in [-0.15, -0.1) is 0 Å². The van der Waals surface area contributed by atoms with E-state index in [4.69, 9.17) is 0 Å². The Morgan fingerprint density at radius 1 is 1.07 bits per heavy atom. The number of carbonyl (C=O) groups is 1. The maximum Gasteiger partial charge on any atom is 0.272 e. The Kier molecular flexibility index (Phi) is 6.01. The third-order valence-electron chi connectivity index (χ3n) is 4.26. The summed E-state index contributed by atoms with van der Waals surface area (Å²) in [4.78, 5) is 17.5. The van der Waals surface area contributed by atoms with Crippen LogP contribution in [0.4, 0.5) is 5.69 Å². The lowest BCUT2D eigenvalue weighted by atomic mass is 10.2. The molecule has 2 aromatic rings. The molecule has 1 saturated heterocycles. The first kappa shape index (κ1) is 19.6. The number of aliphatic imine (C=N–C) groups is 1. The molecule has 1 fully saturated rings. The predicted molar refractivity (Wildman–Crippen MR) is 110 cm³/mol. The molecule has 1 aliphatic heterocycles. The van der Waals surface area contributed by atoms with E-state index >= 15 is 0 Å². The van der Waals surface area contributed by atoms with Gasteiger partial charge in [-0.25, -0.2) is 13.4 Å². The number of sulfonamides is 1. The van der Waals surface area contributed by atoms with Gasteiger partial charge >= 0.3 is 0 Å². The molecule has 0 spiro atoms. The molecule has 7 heteroatoms. The monoisotopic (exact) mass is 402 g/mol. The fourth-order valence-electron chi connectivity index (χ4n) is 2.74. The number of hydrogen-bond donors (Lipinski definition) is 0. The van der Waals surface area contributed by atoms with E-state index in [1.807, 2.05) is 32.0 Å². The second-order valence-corrected chi connectivity index (χ2v) is 9.36. The normalized spacial score (nSPS) is 19.0. The highest BCUT2D eigenvalue weighted by atomic mass is 32.2. The quantitative estimate of drug-likeness (QED) is 0.713. The molecule has 0 aromatic heterocycles. The number of nitrogens with zero attached hydrogens (tertiary/aromatic N) is 2. The first-order valence-corrected chi connectivity index (χ1v) is 11.2. The standard InChI is InChI=1S/C20H22N2O3S2/c1-3-4-10-18-19(23)22(20(26-18)21-16-8-6-5-7-9-16)27(24,25)17-13-11-15(2)12-14-17/h5-9,11-14,18H,3-4,10H2,1-2H3/t18-/m0/s1. The summed E-state index contributed by atoms with van der Waals surface area (Å²) >= 11 is 1.23. The molecule has 27 heavy (non-hydrogen) atoms. The fourth-order valence-corrected chi connectivity index (χ4v) is 5.62. The number of para-hydroxylation sites is 1. The van der Waals surface area contributed by atoms with Crippen LogP contribution in [0.1, 0.15) is 31.7 Å². The summed E-state index contributed by atoms with van der Waals surface area (Å²) < 4.78 is 27.3. The van der Waals surface area contributed by atoms with Crippen LogP contribution < -0.4 is 0 Å². The molecule has 0 radical (unpaired) electrons. The van der Waals surface area contributed by atoms with Crippen molar-refractivity contribution in [2.75, 3.05) is 0 Å². The number of carbonyl (C=O) groups excluding carboxylic acids is 1. The van der Waals surface area contributed by atoms with Crippen LogP contribution in [0, 0.1) is 6.92 Å². The summed E-state index contributed by atoms with van der Waals surface area (Å²) in [7, 11) is -4.00. The number of hydrogen-bond acceptors (Lipinski definition) is 5. The molecule has 1 aliphatic rings. The predicted octanol–water partition coefficient (Wildman–Crippen LogP) is 4.51. The van der Waals surface area contributed by atoms with Gasteiger partial charge in [0.2, 0.25) is 0 Å². The van der Waals surface area contributed by atoms with E-state index in [0.29, 0.717) is 12.1 Å². The minimum Gasteiger partial charge on any atom is -0.272 e. The molecular weight excluding hydrogens is 380 g/mol. The van der Waals surface area contributed by atoms with Gasteiger partial charge in [-0.3, -0.25) is 4.79 Å². The SMILES string of the molecule is CCCC[C@@H]1SC(=Nc2ccccc2)N(S(=O)(=O)c2ccc(C)cc2)C1=O. The number of amidine groups is 1. The Balaban J connectivity index is 2.03. The van der Waals surface area contributed by atoms with Crippen LogP contribution in [0.3, 0.4) is 0 Å². The number of rotatable bonds is 6. The summed E-state index contributed by atoms with van der Waals surface area (Å²) in [6, 6.07) is 15.6. The Morgan fingerprint density at radius 3 is 2.37 bits per heavy atom. The van der Waals surface area contributed by atoms with Crippen molar-refractivity contribution in [1.29, 1.82) is 0 Å². The van der Waals surface area contributed by atoms with Gasteiger partial charge in [-0.05, 0) is 37.6 Å². The maximum atomic E-state index is 13.2. The smallest absolute Gasteiger partial charge is 0.272 e. The molecule has 0 aliphatic carbocycles. The molecule has 5 nitrogen and oxygen atoms in total. The van der Waals surface area contributed by atoms with Gasteiger partial charge in [-0.1, -0.05) is 67.4 Å². The Labute approximate surface area is 164 Å². The van der Waals surface area contributed by atoms with E-state index in [1.54, 1.807) is 24.3 Å². The molecule has 2 aromatic carbocycles. The van der Waals surface area contributed by atoms with Crippen LogP contribution in [0.2, 0.25) is 0 Å². The van der Waals surface area contributed by atoms with Crippen molar-refractivity contribution < 1.29 is 13.2 Å². The second-order valence-electron chi connectivity index (χ2n) is 6.40. The van der Waals surface area contributed by atoms with Gasteiger partial charge in [-0.2, -0.15) is 4.31 Å². The molecule has 0 N–H and O–H groups in total. The van der Waals surface area contributed by atoms with Crippen molar-refractivity contribution in [2.45, 2.75) is 43.3 Å². The highest BCUT2D eigenvalue weighted by Crippen LogP contribution is 2.36. The average molecular weight is 403 g/mol. The fraction of sp³-hybridized carbons (Fsp3) is 0.300. The number of benzene rings is 2. The van der Waals surface area contributed by atoms with Gasteiger partial charge in [0, 0.05) is 0 Å². The van der Waals surface area contributed by atoms with Crippen molar-refractivity contribution >= 4 is 38.5 Å². The van der Waals surface area contributed by atoms with Crippen molar-refractivity contribution in [3.05, 3.63) is 60.2 Å². The van der Waals surface area contributed by atoms with Gasteiger partial charge in [0.15, 0.2) is 5.17 Å². The Bertz CT molecular complexity index is 939. The lowest BCUT2D eigenvalue weighted by Crippen LogP contribution is -2.37. The lowest BCUT2D eigenvalue weighted by Gasteiger charge is -2.17. The van der Waals surface area contributed by atoms with Gasteiger partial charge in [0.05, 0.1) is 15.8 Å². The first-order chi connectivity index (χ1) is 12.9. The zero-order valence-corrected chi connectivity index (χ0v) is 17.0. The zero-order valence-electron chi connectivity index (χ0n) is 15.3. The van der Waals surface area contributed by atoms with Crippen LogP contribution in [0.5, 0.6) is 0 Å². The third-order valence-corrected chi connectivity index (χ3v) is 7.28. The summed E-state index contributed by atoms with van der Waals surface area (Å²) in [5, 5.41) is -0.208. The number of aryl methyl sites for hydroxylation is 1. The average Bonchev–Trinajstić information content (AvgIpc) is 2.97.